The first kappa shape index (κ1) is 11.6. The third kappa shape index (κ3) is 2.01. The van der Waals surface area contributed by atoms with Crippen molar-refractivity contribution in [1.82, 2.24) is 0 Å². The second-order valence-electron chi connectivity index (χ2n) is 4.03. The molecule has 0 aromatic carbocycles. The molecule has 17 heavy (non-hydrogen) atoms. The summed E-state index contributed by atoms with van der Waals surface area (Å²) >= 11 is 0. The van der Waals surface area contributed by atoms with Gasteiger partial charge in [0.05, 0.1) is 12.5 Å². The highest BCUT2D eigenvalue weighted by molar-refractivity contribution is 5.87. The van der Waals surface area contributed by atoms with E-state index in [1.165, 1.54) is 6.92 Å². The fraction of sp³-hybridized carbons (Fsp3) is 0.545. The Hall–Kier alpha value is -1.87. The lowest BCUT2D eigenvalue weighted by Gasteiger charge is -2.27. The molecule has 0 aromatic heterocycles. The van der Waals surface area contributed by atoms with Gasteiger partial charge in [-0.15, -0.1) is 0 Å². The van der Waals surface area contributed by atoms with Gasteiger partial charge in [-0.25, -0.2) is 4.79 Å². The summed E-state index contributed by atoms with van der Waals surface area (Å²) in [7, 11) is 0. The van der Waals surface area contributed by atoms with Crippen molar-refractivity contribution in [2.75, 3.05) is 0 Å². The second-order valence-corrected chi connectivity index (χ2v) is 4.03. The molecule has 0 radical (unpaired) electrons. The van der Waals surface area contributed by atoms with E-state index in [1.54, 1.807) is 0 Å². The van der Waals surface area contributed by atoms with E-state index in [-0.39, 0.29) is 12.0 Å². The zero-order valence-corrected chi connectivity index (χ0v) is 9.21. The third-order valence-electron chi connectivity index (χ3n) is 2.66. The molecule has 4 unspecified atom stereocenters. The highest BCUT2D eigenvalue weighted by Gasteiger charge is 2.54. The molecule has 2 heterocycles. The van der Waals surface area contributed by atoms with Gasteiger partial charge in [-0.1, -0.05) is 6.58 Å². The first-order valence-electron chi connectivity index (χ1n) is 5.14. The van der Waals surface area contributed by atoms with Crippen molar-refractivity contribution in [1.29, 1.82) is 5.26 Å². The van der Waals surface area contributed by atoms with Crippen molar-refractivity contribution in [3.63, 3.8) is 0 Å². The monoisotopic (exact) mass is 237 g/mol. The average Bonchev–Trinajstić information content (AvgIpc) is 2.48. The SMILES string of the molecule is C=C(C)C(=O)OC1C2CC(=O)OC1C(C#N)O2. The summed E-state index contributed by atoms with van der Waals surface area (Å²) in [6, 6.07) is 1.88. The van der Waals surface area contributed by atoms with Gasteiger partial charge in [0.15, 0.2) is 18.3 Å². The van der Waals surface area contributed by atoms with Crippen LogP contribution in [0.2, 0.25) is 0 Å². The van der Waals surface area contributed by atoms with E-state index in [2.05, 4.69) is 6.58 Å². The summed E-state index contributed by atoms with van der Waals surface area (Å²) in [5.74, 6) is -1.02. The summed E-state index contributed by atoms with van der Waals surface area (Å²) in [5, 5.41) is 8.84. The van der Waals surface area contributed by atoms with Crippen LogP contribution in [-0.4, -0.2) is 36.4 Å². The molecule has 90 valence electrons. The Labute approximate surface area is 97.7 Å². The summed E-state index contributed by atoms with van der Waals surface area (Å²) in [5.41, 5.74) is 0.245. The zero-order chi connectivity index (χ0) is 12.6. The maximum absolute atomic E-state index is 11.4. The average molecular weight is 237 g/mol. The normalized spacial score (nSPS) is 34.7. The van der Waals surface area contributed by atoms with Crippen LogP contribution in [0.25, 0.3) is 0 Å². The van der Waals surface area contributed by atoms with Crippen LogP contribution in [0.15, 0.2) is 12.2 Å². The molecule has 6 nitrogen and oxygen atoms in total. The standard InChI is InChI=1S/C11H11NO5/c1-5(2)11(14)17-9-6-3-8(13)16-10(9)7(4-12)15-6/h6-7,9-10H,1,3H2,2H3. The number of nitriles is 1. The Morgan fingerprint density at radius 1 is 1.65 bits per heavy atom. The van der Waals surface area contributed by atoms with Gasteiger partial charge in [0, 0.05) is 5.57 Å². The molecular weight excluding hydrogens is 226 g/mol. The molecule has 2 aliphatic heterocycles. The predicted molar refractivity (Wildman–Crippen MR) is 53.5 cm³/mol. The Kier molecular flexibility index (Phi) is 2.86. The van der Waals surface area contributed by atoms with Crippen molar-refractivity contribution in [2.45, 2.75) is 37.8 Å². The lowest BCUT2D eigenvalue weighted by Crippen LogP contribution is -2.45. The molecular formula is C11H11NO5. The molecule has 6 heteroatoms. The van der Waals surface area contributed by atoms with E-state index in [1.807, 2.05) is 6.07 Å². The second kappa shape index (κ2) is 4.18. The fourth-order valence-electron chi connectivity index (χ4n) is 1.86. The molecule has 0 N–H and O–H groups in total. The van der Waals surface area contributed by atoms with E-state index >= 15 is 0 Å². The molecule has 0 saturated carbocycles. The van der Waals surface area contributed by atoms with Crippen LogP contribution in [-0.2, 0) is 23.8 Å². The maximum atomic E-state index is 11.4. The van der Waals surface area contributed by atoms with Crippen molar-refractivity contribution in [2.24, 2.45) is 0 Å². The quantitative estimate of drug-likeness (QED) is 0.499. The molecule has 2 fully saturated rings. The number of rotatable bonds is 2. The lowest BCUT2D eigenvalue weighted by atomic mass is 10.0. The van der Waals surface area contributed by atoms with E-state index in [9.17, 15) is 9.59 Å². The first-order chi connectivity index (χ1) is 8.02. The number of carbonyl (C=O) groups excluding carboxylic acids is 2. The lowest BCUT2D eigenvalue weighted by molar-refractivity contribution is -0.172. The fourth-order valence-corrected chi connectivity index (χ4v) is 1.86. The Morgan fingerprint density at radius 2 is 2.35 bits per heavy atom. The molecule has 2 bridgehead atoms. The highest BCUT2D eigenvalue weighted by atomic mass is 16.6. The third-order valence-corrected chi connectivity index (χ3v) is 2.66. The number of hydrogen-bond acceptors (Lipinski definition) is 6. The molecule has 0 aromatic rings. The van der Waals surface area contributed by atoms with Crippen LogP contribution in [0.4, 0.5) is 0 Å². The maximum Gasteiger partial charge on any atom is 0.333 e. The number of hydrogen-bond donors (Lipinski definition) is 0. The molecule has 4 atom stereocenters. The van der Waals surface area contributed by atoms with Crippen molar-refractivity contribution in [3.8, 4) is 6.07 Å². The molecule has 0 amide bonds. The molecule has 0 spiro atoms. The van der Waals surface area contributed by atoms with Crippen molar-refractivity contribution >= 4 is 11.9 Å². The van der Waals surface area contributed by atoms with Crippen LogP contribution >= 0.6 is 0 Å². The first-order valence-corrected chi connectivity index (χ1v) is 5.14. The van der Waals surface area contributed by atoms with Gasteiger partial charge < -0.3 is 14.2 Å². The zero-order valence-electron chi connectivity index (χ0n) is 9.21. The van der Waals surface area contributed by atoms with Crippen molar-refractivity contribution in [3.05, 3.63) is 12.2 Å². The van der Waals surface area contributed by atoms with E-state index < -0.39 is 36.4 Å². The summed E-state index contributed by atoms with van der Waals surface area (Å²) in [6.45, 7) is 4.97. The number of ether oxygens (including phenoxy) is 3. The van der Waals surface area contributed by atoms with E-state index in [4.69, 9.17) is 19.5 Å². The van der Waals surface area contributed by atoms with Crippen LogP contribution in [0.5, 0.6) is 0 Å². The van der Waals surface area contributed by atoms with Crippen LogP contribution in [0.1, 0.15) is 13.3 Å². The van der Waals surface area contributed by atoms with E-state index in [0.29, 0.717) is 0 Å². The van der Waals surface area contributed by atoms with Gasteiger partial charge in [0.25, 0.3) is 0 Å². The number of carbonyl (C=O) groups is 2. The Morgan fingerprint density at radius 3 is 2.94 bits per heavy atom. The van der Waals surface area contributed by atoms with Crippen LogP contribution < -0.4 is 0 Å². The van der Waals surface area contributed by atoms with Gasteiger partial charge in [-0.3, -0.25) is 4.79 Å². The Bertz CT molecular complexity index is 424. The van der Waals surface area contributed by atoms with Gasteiger partial charge in [0.1, 0.15) is 6.10 Å². The van der Waals surface area contributed by atoms with Crippen LogP contribution in [0.3, 0.4) is 0 Å². The Balaban J connectivity index is 2.14. The van der Waals surface area contributed by atoms with Gasteiger partial charge in [-0.05, 0) is 6.92 Å². The number of esters is 2. The molecule has 2 rings (SSSR count). The minimum absolute atomic E-state index is 0.0111. The number of fused-ring (bicyclic) bond motifs is 2. The predicted octanol–water partition coefficient (Wildman–Crippen LogP) is 0.0808. The topological polar surface area (TPSA) is 85.6 Å². The molecule has 2 aliphatic rings. The smallest absolute Gasteiger partial charge is 0.333 e. The van der Waals surface area contributed by atoms with E-state index in [0.717, 1.165) is 0 Å². The van der Waals surface area contributed by atoms with Crippen LogP contribution in [0, 0.1) is 11.3 Å². The minimum Gasteiger partial charge on any atom is -0.454 e. The van der Waals surface area contributed by atoms with Gasteiger partial charge in [0.2, 0.25) is 0 Å². The molecule has 0 aliphatic carbocycles. The highest BCUT2D eigenvalue weighted by Crippen LogP contribution is 2.33. The summed E-state index contributed by atoms with van der Waals surface area (Å²) < 4.78 is 15.4. The van der Waals surface area contributed by atoms with Crippen molar-refractivity contribution < 1.29 is 23.8 Å². The largest absolute Gasteiger partial charge is 0.454 e. The molecule has 2 saturated heterocycles. The number of nitrogens with zero attached hydrogens (tertiary/aromatic N) is 1. The minimum atomic E-state index is -0.880. The summed E-state index contributed by atoms with van der Waals surface area (Å²) in [4.78, 5) is 22.6. The van der Waals surface area contributed by atoms with Gasteiger partial charge in [-0.2, -0.15) is 5.26 Å². The van der Waals surface area contributed by atoms with Gasteiger partial charge >= 0.3 is 11.9 Å². The summed E-state index contributed by atoms with van der Waals surface area (Å²) in [6.07, 6.45) is -3.05.